The Hall–Kier alpha value is -3.02. The molecule has 6 nitrogen and oxygen atoms in total. The normalized spacial score (nSPS) is 11.2. The molecule has 0 atom stereocenters. The molecule has 0 unspecified atom stereocenters. The predicted molar refractivity (Wildman–Crippen MR) is 76.1 cm³/mol. The van der Waals surface area contributed by atoms with Crippen LogP contribution in [0.4, 0.5) is 5.69 Å². The smallest absolute Gasteiger partial charge is 0.329 e. The summed E-state index contributed by atoms with van der Waals surface area (Å²) in [7, 11) is 0. The summed E-state index contributed by atoms with van der Waals surface area (Å²) in [6.45, 7) is 0.105. The standard InChI is InChI=1S/C15H12N4O2/c20-13(10-19-8-4-1-5-9-19)17-18-14-11-6-2-3-7-12(11)16-15(14)21/h1-9H,10H2,(H-,16,17,18,20,21)/p+1. The Bertz CT molecular complexity index is 809. The van der Waals surface area contributed by atoms with Gasteiger partial charge in [0.1, 0.15) is 0 Å². The molecule has 0 aliphatic carbocycles. The molecule has 2 heterocycles. The second kappa shape index (κ2) is 5.54. The van der Waals surface area contributed by atoms with Crippen molar-refractivity contribution in [3.63, 3.8) is 0 Å². The first kappa shape index (κ1) is 13.0. The molecule has 1 aromatic carbocycles. The Kier molecular flexibility index (Phi) is 3.42. The van der Waals surface area contributed by atoms with Crippen LogP contribution < -0.4 is 4.57 Å². The summed E-state index contributed by atoms with van der Waals surface area (Å²) in [5.41, 5.74) is 1.02. The monoisotopic (exact) mass is 281 g/mol. The number of hydrogen-bond donors (Lipinski definition) is 2. The van der Waals surface area contributed by atoms with Crippen LogP contribution in [0.25, 0.3) is 10.9 Å². The molecule has 2 N–H and O–H groups in total. The van der Waals surface area contributed by atoms with Crippen molar-refractivity contribution in [2.45, 2.75) is 6.54 Å². The molecule has 6 heteroatoms. The number of aromatic amines is 1. The summed E-state index contributed by atoms with van der Waals surface area (Å²) >= 11 is 0. The average molecular weight is 281 g/mol. The zero-order chi connectivity index (χ0) is 14.7. The zero-order valence-corrected chi connectivity index (χ0v) is 11.1. The quantitative estimate of drug-likeness (QED) is 0.571. The third-order valence-electron chi connectivity index (χ3n) is 3.02. The number of aromatic hydroxyl groups is 1. The van der Waals surface area contributed by atoms with Crippen molar-refractivity contribution in [2.75, 3.05) is 0 Å². The number of H-pyrrole nitrogens is 1. The highest BCUT2D eigenvalue weighted by atomic mass is 16.3. The Morgan fingerprint density at radius 3 is 2.71 bits per heavy atom. The van der Waals surface area contributed by atoms with Gasteiger partial charge in [0.2, 0.25) is 12.4 Å². The topological polar surface area (TPSA) is 81.7 Å². The number of rotatable bonds is 3. The zero-order valence-electron chi connectivity index (χ0n) is 11.1. The molecule has 21 heavy (non-hydrogen) atoms. The maximum Gasteiger partial charge on any atom is 0.329 e. The molecule has 0 saturated heterocycles. The number of para-hydroxylation sites is 1. The Morgan fingerprint density at radius 2 is 1.90 bits per heavy atom. The number of amides is 1. The van der Waals surface area contributed by atoms with Crippen LogP contribution in [0.1, 0.15) is 0 Å². The van der Waals surface area contributed by atoms with Crippen LogP contribution >= 0.6 is 0 Å². The summed E-state index contributed by atoms with van der Waals surface area (Å²) in [6.07, 6.45) is 3.55. The number of carbonyl (C=O) groups is 1. The van der Waals surface area contributed by atoms with Gasteiger partial charge in [-0.25, -0.2) is 0 Å². The molecular weight excluding hydrogens is 268 g/mol. The maximum absolute atomic E-state index is 11.8. The second-order valence-electron chi connectivity index (χ2n) is 4.51. The van der Waals surface area contributed by atoms with E-state index in [-0.39, 0.29) is 18.1 Å². The molecule has 1 amide bonds. The number of carbonyl (C=O) groups excluding carboxylic acids is 1. The van der Waals surface area contributed by atoms with E-state index < -0.39 is 5.91 Å². The summed E-state index contributed by atoms with van der Waals surface area (Å²) in [5.74, 6) is -0.490. The largest absolute Gasteiger partial charge is 0.493 e. The van der Waals surface area contributed by atoms with E-state index in [1.807, 2.05) is 36.4 Å². The third kappa shape index (κ3) is 2.79. The van der Waals surface area contributed by atoms with Gasteiger partial charge >= 0.3 is 5.91 Å². The van der Waals surface area contributed by atoms with E-state index in [0.717, 1.165) is 10.9 Å². The van der Waals surface area contributed by atoms with Crippen LogP contribution in [0.3, 0.4) is 0 Å². The number of fused-ring (bicyclic) bond motifs is 1. The lowest BCUT2D eigenvalue weighted by atomic mass is 10.2. The lowest BCUT2D eigenvalue weighted by Gasteiger charge is -1.92. The molecule has 3 aromatic rings. The first-order valence-corrected chi connectivity index (χ1v) is 6.42. The highest BCUT2D eigenvalue weighted by Crippen LogP contribution is 2.35. The first-order chi connectivity index (χ1) is 10.2. The Balaban J connectivity index is 1.81. The molecule has 0 saturated carbocycles. The van der Waals surface area contributed by atoms with Crippen LogP contribution in [0, 0.1) is 0 Å². The van der Waals surface area contributed by atoms with Gasteiger partial charge in [0, 0.05) is 17.5 Å². The van der Waals surface area contributed by atoms with Crippen molar-refractivity contribution >= 4 is 22.5 Å². The van der Waals surface area contributed by atoms with E-state index in [0.29, 0.717) is 0 Å². The second-order valence-corrected chi connectivity index (χ2v) is 4.51. The van der Waals surface area contributed by atoms with Crippen molar-refractivity contribution in [2.24, 2.45) is 10.2 Å². The minimum atomic E-state index is -0.393. The molecule has 3 rings (SSSR count). The number of benzene rings is 1. The summed E-state index contributed by atoms with van der Waals surface area (Å²) in [4.78, 5) is 14.6. The highest BCUT2D eigenvalue weighted by molar-refractivity contribution is 5.94. The van der Waals surface area contributed by atoms with Gasteiger partial charge < -0.3 is 10.1 Å². The average Bonchev–Trinajstić information content (AvgIpc) is 2.81. The third-order valence-corrected chi connectivity index (χ3v) is 3.02. The first-order valence-electron chi connectivity index (χ1n) is 6.42. The Morgan fingerprint density at radius 1 is 1.14 bits per heavy atom. The summed E-state index contributed by atoms with van der Waals surface area (Å²) < 4.78 is 1.70. The van der Waals surface area contributed by atoms with Gasteiger partial charge in [-0.1, -0.05) is 24.3 Å². The molecule has 0 aliphatic rings. The maximum atomic E-state index is 11.8. The number of aromatic nitrogens is 2. The van der Waals surface area contributed by atoms with Crippen LogP contribution in [0.5, 0.6) is 5.88 Å². The number of hydrogen-bond acceptors (Lipinski definition) is 3. The van der Waals surface area contributed by atoms with Crippen LogP contribution in [0.15, 0.2) is 65.1 Å². The molecular formula is C15H13N4O2+. The number of pyridine rings is 1. The number of azo groups is 1. The SMILES string of the molecule is O=C(C[n+]1ccccc1)N=Nc1c(O)[nH]c2ccccc12. The van der Waals surface area contributed by atoms with Gasteiger partial charge in [-0.2, -0.15) is 4.57 Å². The predicted octanol–water partition coefficient (Wildman–Crippen LogP) is 2.47. The summed E-state index contributed by atoms with van der Waals surface area (Å²) in [5, 5.41) is 18.1. The lowest BCUT2D eigenvalue weighted by Crippen LogP contribution is -2.36. The Labute approximate surface area is 120 Å². The van der Waals surface area contributed by atoms with E-state index in [4.69, 9.17) is 0 Å². The highest BCUT2D eigenvalue weighted by Gasteiger charge is 2.11. The molecule has 0 bridgehead atoms. The van der Waals surface area contributed by atoms with Gasteiger partial charge in [-0.05, 0) is 6.07 Å². The lowest BCUT2D eigenvalue weighted by molar-refractivity contribution is -0.684. The van der Waals surface area contributed by atoms with Gasteiger partial charge in [0.25, 0.3) is 0 Å². The number of nitrogens with one attached hydrogen (secondary N) is 1. The fourth-order valence-corrected chi connectivity index (χ4v) is 2.05. The van der Waals surface area contributed by atoms with Crippen molar-refractivity contribution in [3.05, 3.63) is 54.9 Å². The van der Waals surface area contributed by atoms with Crippen LogP contribution in [-0.2, 0) is 11.3 Å². The molecule has 104 valence electrons. The number of nitrogens with zero attached hydrogens (tertiary/aromatic N) is 3. The van der Waals surface area contributed by atoms with Crippen LogP contribution in [0.2, 0.25) is 0 Å². The fraction of sp³-hybridized carbons (Fsp3) is 0.0667. The minimum Gasteiger partial charge on any atom is -0.493 e. The van der Waals surface area contributed by atoms with Crippen molar-refractivity contribution in [1.82, 2.24) is 4.98 Å². The van der Waals surface area contributed by atoms with E-state index >= 15 is 0 Å². The van der Waals surface area contributed by atoms with Gasteiger partial charge in [-0.3, -0.25) is 4.79 Å². The van der Waals surface area contributed by atoms with E-state index in [1.54, 1.807) is 23.0 Å². The van der Waals surface area contributed by atoms with Gasteiger partial charge in [0.15, 0.2) is 18.1 Å². The van der Waals surface area contributed by atoms with Gasteiger partial charge in [-0.15, -0.1) is 10.2 Å². The minimum absolute atomic E-state index is 0.0971. The van der Waals surface area contributed by atoms with Crippen LogP contribution in [-0.4, -0.2) is 16.0 Å². The van der Waals surface area contributed by atoms with E-state index in [2.05, 4.69) is 15.2 Å². The molecule has 0 fully saturated rings. The molecule has 0 spiro atoms. The molecule has 2 aromatic heterocycles. The molecule has 0 radical (unpaired) electrons. The van der Waals surface area contributed by atoms with E-state index in [1.165, 1.54) is 0 Å². The molecule has 0 aliphatic heterocycles. The summed E-state index contributed by atoms with van der Waals surface area (Å²) in [6, 6.07) is 12.8. The van der Waals surface area contributed by atoms with Crippen molar-refractivity contribution in [3.8, 4) is 5.88 Å². The van der Waals surface area contributed by atoms with Gasteiger partial charge in [0.05, 0.1) is 5.52 Å². The van der Waals surface area contributed by atoms with E-state index in [9.17, 15) is 9.90 Å². The van der Waals surface area contributed by atoms with Crippen molar-refractivity contribution in [1.29, 1.82) is 0 Å². The van der Waals surface area contributed by atoms with Crippen molar-refractivity contribution < 1.29 is 14.5 Å². The fourth-order valence-electron chi connectivity index (χ4n) is 2.05.